The number of benzene rings is 2. The van der Waals surface area contributed by atoms with Crippen LogP contribution in [0.4, 0.5) is 10.1 Å². The molecule has 0 bridgehead atoms. The Morgan fingerprint density at radius 2 is 1.78 bits per heavy atom. The number of Topliss-reactive ketones (excluding diaryl/α,β-unsaturated/α-hetero) is 1. The average Bonchev–Trinajstić information content (AvgIpc) is 2.59. The standard InChI is InChI=1S/C20H19BrFNO4/c1-12(2)9-19(25)23-15-6-3-13(4-7-15)18(24)11-27-20(26)16-8-5-14(22)10-17(16)21/h3-8,10,12H,9,11H2,1-2H3,(H,23,25). The van der Waals surface area contributed by atoms with Gasteiger partial charge in [0.15, 0.2) is 12.4 Å². The lowest BCUT2D eigenvalue weighted by molar-refractivity contribution is -0.116. The van der Waals surface area contributed by atoms with Crippen molar-refractivity contribution < 1.29 is 23.5 Å². The van der Waals surface area contributed by atoms with Gasteiger partial charge in [0, 0.05) is 22.1 Å². The van der Waals surface area contributed by atoms with Crippen LogP contribution < -0.4 is 5.32 Å². The number of esters is 1. The number of amides is 1. The molecule has 1 N–H and O–H groups in total. The first kappa shape index (κ1) is 20.8. The number of hydrogen-bond acceptors (Lipinski definition) is 4. The molecule has 0 aliphatic rings. The van der Waals surface area contributed by atoms with Crippen molar-refractivity contribution in [2.45, 2.75) is 20.3 Å². The van der Waals surface area contributed by atoms with Crippen LogP contribution in [-0.2, 0) is 9.53 Å². The summed E-state index contributed by atoms with van der Waals surface area (Å²) >= 11 is 3.08. The molecule has 5 nitrogen and oxygen atoms in total. The maximum atomic E-state index is 13.1. The molecule has 7 heteroatoms. The molecule has 1 amide bonds. The molecule has 0 saturated carbocycles. The van der Waals surface area contributed by atoms with Crippen LogP contribution in [0.3, 0.4) is 0 Å². The van der Waals surface area contributed by atoms with Crippen LogP contribution in [-0.4, -0.2) is 24.3 Å². The molecular formula is C20H19BrFNO4. The molecule has 0 aliphatic carbocycles. The molecule has 0 fully saturated rings. The van der Waals surface area contributed by atoms with E-state index in [1.807, 2.05) is 13.8 Å². The van der Waals surface area contributed by atoms with E-state index in [0.29, 0.717) is 17.7 Å². The Hall–Kier alpha value is -2.54. The Bertz CT molecular complexity index is 850. The third-order valence-corrected chi connectivity index (χ3v) is 4.23. The maximum absolute atomic E-state index is 13.1. The van der Waals surface area contributed by atoms with Gasteiger partial charge in [-0.3, -0.25) is 9.59 Å². The van der Waals surface area contributed by atoms with Gasteiger partial charge in [0.1, 0.15) is 5.82 Å². The van der Waals surface area contributed by atoms with Gasteiger partial charge >= 0.3 is 5.97 Å². The number of ketones is 1. The van der Waals surface area contributed by atoms with Gasteiger partial charge in [0.05, 0.1) is 5.56 Å². The monoisotopic (exact) mass is 435 g/mol. The first-order valence-electron chi connectivity index (χ1n) is 8.31. The first-order valence-corrected chi connectivity index (χ1v) is 9.11. The molecule has 0 heterocycles. The summed E-state index contributed by atoms with van der Waals surface area (Å²) in [4.78, 5) is 35.9. The first-order chi connectivity index (χ1) is 12.8. The summed E-state index contributed by atoms with van der Waals surface area (Å²) in [5, 5.41) is 2.75. The number of halogens is 2. The zero-order chi connectivity index (χ0) is 20.0. The number of rotatable bonds is 7. The second-order valence-electron chi connectivity index (χ2n) is 6.35. The molecule has 0 saturated heterocycles. The Morgan fingerprint density at radius 1 is 1.11 bits per heavy atom. The highest BCUT2D eigenvalue weighted by Gasteiger charge is 2.15. The summed E-state index contributed by atoms with van der Waals surface area (Å²) in [5.41, 5.74) is 1.07. The molecule has 0 unspecified atom stereocenters. The highest BCUT2D eigenvalue weighted by atomic mass is 79.9. The lowest BCUT2D eigenvalue weighted by atomic mass is 10.1. The molecule has 2 rings (SSSR count). The number of anilines is 1. The van der Waals surface area contributed by atoms with E-state index >= 15 is 0 Å². The number of nitrogens with one attached hydrogen (secondary N) is 1. The van der Waals surface area contributed by atoms with Gasteiger partial charge in [-0.05, 0) is 64.3 Å². The van der Waals surface area contributed by atoms with Gasteiger partial charge in [-0.15, -0.1) is 0 Å². The minimum Gasteiger partial charge on any atom is -0.454 e. The lowest BCUT2D eigenvalue weighted by Gasteiger charge is -2.08. The van der Waals surface area contributed by atoms with Gasteiger partial charge in [-0.2, -0.15) is 0 Å². The summed E-state index contributed by atoms with van der Waals surface area (Å²) in [7, 11) is 0. The van der Waals surface area contributed by atoms with Crippen molar-refractivity contribution in [3.63, 3.8) is 0 Å². The summed E-state index contributed by atoms with van der Waals surface area (Å²) < 4.78 is 18.3. The number of ether oxygens (including phenoxy) is 1. The van der Waals surface area contributed by atoms with Crippen LogP contribution in [0.1, 0.15) is 41.0 Å². The van der Waals surface area contributed by atoms with Gasteiger partial charge in [0.2, 0.25) is 5.91 Å². The fraction of sp³-hybridized carbons (Fsp3) is 0.250. The third-order valence-electron chi connectivity index (χ3n) is 3.57. The molecule has 0 aromatic heterocycles. The van der Waals surface area contributed by atoms with Gasteiger partial charge in [0.25, 0.3) is 0 Å². The fourth-order valence-electron chi connectivity index (χ4n) is 2.27. The topological polar surface area (TPSA) is 72.5 Å². The summed E-state index contributed by atoms with van der Waals surface area (Å²) in [6.07, 6.45) is 0.412. The van der Waals surface area contributed by atoms with E-state index in [2.05, 4.69) is 21.2 Å². The highest BCUT2D eigenvalue weighted by Crippen LogP contribution is 2.19. The largest absolute Gasteiger partial charge is 0.454 e. The molecule has 2 aromatic carbocycles. The van der Waals surface area contributed by atoms with Crippen LogP contribution in [0.2, 0.25) is 0 Å². The Balaban J connectivity index is 1.92. The molecule has 142 valence electrons. The Morgan fingerprint density at radius 3 is 2.37 bits per heavy atom. The summed E-state index contributed by atoms with van der Waals surface area (Å²) in [5.74, 6) is -1.45. The minimum absolute atomic E-state index is 0.0946. The van der Waals surface area contributed by atoms with Crippen molar-refractivity contribution in [1.29, 1.82) is 0 Å². The number of carbonyl (C=O) groups is 3. The van der Waals surface area contributed by atoms with Crippen molar-refractivity contribution >= 4 is 39.3 Å². The third kappa shape index (κ3) is 6.29. The molecular weight excluding hydrogens is 417 g/mol. The van der Waals surface area contributed by atoms with E-state index in [4.69, 9.17) is 4.74 Å². The van der Waals surface area contributed by atoms with Gasteiger partial charge in [-0.1, -0.05) is 13.8 Å². The van der Waals surface area contributed by atoms with Crippen LogP contribution in [0.5, 0.6) is 0 Å². The normalized spacial score (nSPS) is 10.6. The Kier molecular flexibility index (Phi) is 7.24. The van der Waals surface area contributed by atoms with E-state index in [0.717, 1.165) is 12.1 Å². The van der Waals surface area contributed by atoms with Crippen molar-refractivity contribution in [1.82, 2.24) is 0 Å². The number of carbonyl (C=O) groups excluding carboxylic acids is 3. The van der Waals surface area contributed by atoms with E-state index < -0.39 is 18.4 Å². The smallest absolute Gasteiger partial charge is 0.339 e. The van der Waals surface area contributed by atoms with Gasteiger partial charge < -0.3 is 10.1 Å². The molecule has 0 aliphatic heterocycles. The predicted octanol–water partition coefficient (Wildman–Crippen LogP) is 4.61. The summed E-state index contributed by atoms with van der Waals surface area (Å²) in [6, 6.07) is 9.89. The zero-order valence-corrected chi connectivity index (χ0v) is 16.5. The summed E-state index contributed by atoms with van der Waals surface area (Å²) in [6.45, 7) is 3.46. The molecule has 0 spiro atoms. The SMILES string of the molecule is CC(C)CC(=O)Nc1ccc(C(=O)COC(=O)c2ccc(F)cc2Br)cc1. The molecule has 0 atom stereocenters. The average molecular weight is 436 g/mol. The van der Waals surface area contributed by atoms with Crippen molar-refractivity contribution in [3.05, 3.63) is 63.9 Å². The molecule has 27 heavy (non-hydrogen) atoms. The van der Waals surface area contributed by atoms with E-state index in [1.165, 1.54) is 6.07 Å². The predicted molar refractivity (Wildman–Crippen MR) is 103 cm³/mol. The van der Waals surface area contributed by atoms with Crippen molar-refractivity contribution in [3.8, 4) is 0 Å². The van der Waals surface area contributed by atoms with E-state index in [1.54, 1.807) is 24.3 Å². The van der Waals surface area contributed by atoms with Crippen LogP contribution in [0.25, 0.3) is 0 Å². The maximum Gasteiger partial charge on any atom is 0.339 e. The van der Waals surface area contributed by atoms with Crippen molar-refractivity contribution in [2.24, 2.45) is 5.92 Å². The Labute approximate surface area is 165 Å². The molecule has 2 aromatic rings. The van der Waals surface area contributed by atoms with E-state index in [9.17, 15) is 18.8 Å². The molecule has 0 radical (unpaired) electrons. The van der Waals surface area contributed by atoms with Crippen LogP contribution >= 0.6 is 15.9 Å². The van der Waals surface area contributed by atoms with E-state index in [-0.39, 0.29) is 27.6 Å². The zero-order valence-electron chi connectivity index (χ0n) is 14.9. The lowest BCUT2D eigenvalue weighted by Crippen LogP contribution is -2.15. The minimum atomic E-state index is -0.729. The second-order valence-corrected chi connectivity index (χ2v) is 7.20. The number of hydrogen-bond donors (Lipinski definition) is 1. The second kappa shape index (κ2) is 9.41. The van der Waals surface area contributed by atoms with Crippen LogP contribution in [0.15, 0.2) is 46.9 Å². The van der Waals surface area contributed by atoms with Gasteiger partial charge in [-0.25, -0.2) is 9.18 Å². The highest BCUT2D eigenvalue weighted by molar-refractivity contribution is 9.10. The van der Waals surface area contributed by atoms with Crippen molar-refractivity contribution in [2.75, 3.05) is 11.9 Å². The van der Waals surface area contributed by atoms with Crippen LogP contribution in [0, 0.1) is 11.7 Å². The quantitative estimate of drug-likeness (QED) is 0.508. The fourth-order valence-corrected chi connectivity index (χ4v) is 2.78.